The lowest BCUT2D eigenvalue weighted by atomic mass is 9.85. The molecule has 0 spiro atoms. The van der Waals surface area contributed by atoms with Gasteiger partial charge in [-0.1, -0.05) is 16.5 Å². The maximum absolute atomic E-state index is 6.04. The standard InChI is InChI=1S/C21H40BN6S3/c1-19(2,3)23-10-13-26(16(23)29)22(27-14-11-24(17(27)30)20(4,5)6)28-15-12-25(18(28)31)21(7,8)9/h10-18,22,29-31H,1-9H3/q-1/p-3. The second-order valence-electron chi connectivity index (χ2n) is 11.6. The van der Waals surface area contributed by atoms with Gasteiger partial charge in [-0.15, -0.1) is 0 Å². The summed E-state index contributed by atoms with van der Waals surface area (Å²) in [6, 6.07) is 0. The predicted molar refractivity (Wildman–Crippen MR) is 138 cm³/mol. The molecule has 0 fully saturated rings. The molecule has 0 aromatic rings. The van der Waals surface area contributed by atoms with Crippen molar-refractivity contribution in [2.75, 3.05) is 0 Å². The summed E-state index contributed by atoms with van der Waals surface area (Å²) in [4.78, 5) is 13.5. The molecule has 0 bridgehead atoms. The van der Waals surface area contributed by atoms with Gasteiger partial charge >= 0.3 is 0 Å². The van der Waals surface area contributed by atoms with E-state index in [0.717, 1.165) is 0 Å². The first-order chi connectivity index (χ1) is 14.0. The second-order valence-corrected chi connectivity index (χ2v) is 12.8. The number of rotatable bonds is 3. The molecule has 0 N–H and O–H groups in total. The van der Waals surface area contributed by atoms with Crippen molar-refractivity contribution in [3.8, 4) is 0 Å². The monoisotopic (exact) mass is 480 g/mol. The lowest BCUT2D eigenvalue weighted by Gasteiger charge is -2.64. The smallest absolute Gasteiger partial charge is 0.265 e. The molecular weight excluding hydrogens is 443 g/mol. The van der Waals surface area contributed by atoms with E-state index in [4.69, 9.17) is 37.9 Å². The number of hydrogen-bond donors (Lipinski definition) is 0. The summed E-state index contributed by atoms with van der Waals surface area (Å²) in [5.41, 5.74) is -0.840. The van der Waals surface area contributed by atoms with Crippen LogP contribution in [0.2, 0.25) is 0 Å². The summed E-state index contributed by atoms with van der Waals surface area (Å²) in [7, 11) is -1.35. The first-order valence-electron chi connectivity index (χ1n) is 10.9. The van der Waals surface area contributed by atoms with Crippen LogP contribution in [0.1, 0.15) is 62.3 Å². The molecule has 3 unspecified atom stereocenters. The van der Waals surface area contributed by atoms with Crippen LogP contribution in [-0.2, 0) is 37.9 Å². The van der Waals surface area contributed by atoms with Crippen LogP contribution >= 0.6 is 0 Å². The van der Waals surface area contributed by atoms with Crippen molar-refractivity contribution in [2.45, 2.75) is 95.4 Å². The van der Waals surface area contributed by atoms with Crippen LogP contribution in [0.4, 0.5) is 0 Å². The van der Waals surface area contributed by atoms with E-state index in [1.54, 1.807) is 0 Å². The van der Waals surface area contributed by atoms with Crippen LogP contribution in [0.15, 0.2) is 37.2 Å². The Labute approximate surface area is 206 Å². The molecule has 0 radical (unpaired) electrons. The molecule has 176 valence electrons. The Morgan fingerprint density at radius 1 is 0.484 bits per heavy atom. The van der Waals surface area contributed by atoms with E-state index < -0.39 is 7.12 Å². The minimum atomic E-state index is -1.35. The van der Waals surface area contributed by atoms with Gasteiger partial charge < -0.3 is 67.0 Å². The Bertz CT molecular complexity index is 654. The molecule has 3 aliphatic rings. The van der Waals surface area contributed by atoms with E-state index in [2.05, 4.69) is 129 Å². The van der Waals surface area contributed by atoms with E-state index in [0.29, 0.717) is 0 Å². The Hall–Kier alpha value is -0.865. The quantitative estimate of drug-likeness (QED) is 0.445. The maximum Gasteiger partial charge on any atom is 0.265 e. The average molecular weight is 481 g/mol. The van der Waals surface area contributed by atoms with Gasteiger partial charge in [-0.2, -0.15) is 0 Å². The fourth-order valence-corrected chi connectivity index (χ4v) is 6.10. The minimum Gasteiger partial charge on any atom is -0.750 e. The second kappa shape index (κ2) is 8.17. The highest BCUT2D eigenvalue weighted by molar-refractivity contribution is 7.60. The highest BCUT2D eigenvalue weighted by atomic mass is 32.1. The van der Waals surface area contributed by atoms with Gasteiger partial charge in [0, 0.05) is 35.2 Å². The highest BCUT2D eigenvalue weighted by Crippen LogP contribution is 2.34. The van der Waals surface area contributed by atoms with E-state index in [1.807, 2.05) is 0 Å². The zero-order valence-corrected chi connectivity index (χ0v) is 22.8. The van der Waals surface area contributed by atoms with Crippen molar-refractivity contribution in [2.24, 2.45) is 0 Å². The molecule has 6 nitrogen and oxygen atoms in total. The van der Waals surface area contributed by atoms with Crippen molar-refractivity contribution >= 4 is 45.0 Å². The molecule has 3 heterocycles. The Kier molecular flexibility index (Phi) is 6.53. The molecule has 0 saturated heterocycles. The number of hydrogen-bond acceptors (Lipinski definition) is 9. The van der Waals surface area contributed by atoms with Crippen LogP contribution in [0, 0.1) is 0 Å². The highest BCUT2D eigenvalue weighted by Gasteiger charge is 2.37. The van der Waals surface area contributed by atoms with Crippen molar-refractivity contribution < 1.29 is 0 Å². The van der Waals surface area contributed by atoms with Crippen LogP contribution < -0.4 is 0 Å². The Morgan fingerprint density at radius 2 is 0.710 bits per heavy atom. The van der Waals surface area contributed by atoms with Crippen molar-refractivity contribution in [3.05, 3.63) is 37.2 Å². The average Bonchev–Trinajstić information content (AvgIpc) is 3.26. The third-order valence-corrected chi connectivity index (χ3v) is 7.62. The van der Waals surface area contributed by atoms with E-state index in [9.17, 15) is 0 Å². The van der Waals surface area contributed by atoms with E-state index in [1.165, 1.54) is 0 Å². The van der Waals surface area contributed by atoms with Crippen molar-refractivity contribution in [1.82, 2.24) is 29.1 Å². The van der Waals surface area contributed by atoms with Gasteiger partial charge in [0.25, 0.3) is 7.12 Å². The predicted octanol–water partition coefficient (Wildman–Crippen LogP) is 2.86. The van der Waals surface area contributed by atoms with Crippen LogP contribution in [0.3, 0.4) is 0 Å². The fourth-order valence-electron chi connectivity index (χ4n) is 4.33. The van der Waals surface area contributed by atoms with E-state index >= 15 is 0 Å². The number of nitrogens with zero attached hydrogens (tertiary/aromatic N) is 6. The summed E-state index contributed by atoms with van der Waals surface area (Å²) >= 11 is 18.1. The molecule has 0 amide bonds. The zero-order valence-electron chi connectivity index (χ0n) is 20.3. The summed E-state index contributed by atoms with van der Waals surface area (Å²) in [5, 5.41) is 0. The van der Waals surface area contributed by atoms with Gasteiger partial charge in [0.15, 0.2) is 0 Å². The van der Waals surface area contributed by atoms with Gasteiger partial charge in [-0.05, 0) is 80.9 Å². The first-order valence-corrected chi connectivity index (χ1v) is 12.3. The summed E-state index contributed by atoms with van der Waals surface area (Å²) in [6.45, 7) is 19.7. The molecule has 0 aromatic carbocycles. The van der Waals surface area contributed by atoms with E-state index in [-0.39, 0.29) is 33.1 Å². The van der Waals surface area contributed by atoms with Gasteiger partial charge in [0.05, 0.1) is 0 Å². The van der Waals surface area contributed by atoms with Gasteiger partial charge in [-0.25, -0.2) is 0 Å². The molecular formula is C21H37BN6S3-4. The summed E-state index contributed by atoms with van der Waals surface area (Å²) < 4.78 is 0. The molecule has 0 aliphatic carbocycles. The Morgan fingerprint density at radius 3 is 0.871 bits per heavy atom. The van der Waals surface area contributed by atoms with Crippen molar-refractivity contribution in [3.63, 3.8) is 0 Å². The normalized spacial score (nSPS) is 28.1. The molecule has 31 heavy (non-hydrogen) atoms. The molecule has 10 heteroatoms. The van der Waals surface area contributed by atoms with Crippen molar-refractivity contribution in [1.29, 1.82) is 0 Å². The summed E-state index contributed by atoms with van der Waals surface area (Å²) in [6.07, 6.45) is 12.7. The lowest BCUT2D eigenvalue weighted by Crippen LogP contribution is -2.67. The SMILES string of the molecule is CC(C)(C)N1C=CN([BH-](N2C=CN(C(C)(C)C)C2[S-])N2C=CN(C(C)(C)C)C2[S-])C1[S-]. The van der Waals surface area contributed by atoms with Crippen LogP contribution in [0.5, 0.6) is 0 Å². The molecule has 0 aromatic heterocycles. The van der Waals surface area contributed by atoms with Crippen LogP contribution in [-0.4, -0.2) is 69.4 Å². The third-order valence-electron chi connectivity index (χ3n) is 6.12. The fraction of sp³-hybridized carbons (Fsp3) is 0.714. The van der Waals surface area contributed by atoms with Gasteiger partial charge in [0.1, 0.15) is 0 Å². The lowest BCUT2D eigenvalue weighted by molar-refractivity contribution is 0.129. The topological polar surface area (TPSA) is 19.4 Å². The minimum absolute atomic E-state index is 0.0705. The molecule has 0 saturated carbocycles. The third kappa shape index (κ3) is 4.62. The van der Waals surface area contributed by atoms with Crippen LogP contribution in [0.25, 0.3) is 0 Å². The van der Waals surface area contributed by atoms with Gasteiger partial charge in [-0.3, -0.25) is 0 Å². The molecule has 3 atom stereocenters. The van der Waals surface area contributed by atoms with Gasteiger partial charge in [0.2, 0.25) is 0 Å². The summed E-state index contributed by atoms with van der Waals surface area (Å²) in [5.74, 6) is 0. The first kappa shape index (κ1) is 24.8. The maximum atomic E-state index is 6.04. The Balaban J connectivity index is 1.97. The zero-order chi connectivity index (χ0) is 23.5. The molecule has 3 rings (SSSR count). The molecule has 3 aliphatic heterocycles. The largest absolute Gasteiger partial charge is 0.750 e.